The Hall–Kier alpha value is -1.59. The summed E-state index contributed by atoms with van der Waals surface area (Å²) in [6, 6.07) is 6.06. The first-order chi connectivity index (χ1) is 9.58. The Morgan fingerprint density at radius 1 is 1.35 bits per heavy atom. The maximum Gasteiger partial charge on any atom is 0.161 e. The largest absolute Gasteiger partial charge is 0.493 e. The lowest BCUT2D eigenvalue weighted by atomic mass is 10.1. The van der Waals surface area contributed by atoms with E-state index >= 15 is 0 Å². The second kappa shape index (κ2) is 6.72. The van der Waals surface area contributed by atoms with Gasteiger partial charge in [0.2, 0.25) is 0 Å². The number of nitrogens with zero attached hydrogens (tertiary/aromatic N) is 1. The fraction of sp³-hybridized carbons (Fsp3) is 0.400. The van der Waals surface area contributed by atoms with Gasteiger partial charge in [0, 0.05) is 12.2 Å². The minimum Gasteiger partial charge on any atom is -0.493 e. The maximum absolute atomic E-state index is 5.85. The van der Waals surface area contributed by atoms with Gasteiger partial charge in [-0.1, -0.05) is 6.07 Å². The highest BCUT2D eigenvalue weighted by Crippen LogP contribution is 2.29. The molecule has 0 aliphatic heterocycles. The minimum absolute atomic E-state index is 0.125. The first-order valence-electron chi connectivity index (χ1n) is 6.55. The van der Waals surface area contributed by atoms with Crippen molar-refractivity contribution >= 4 is 11.3 Å². The van der Waals surface area contributed by atoms with Crippen LogP contribution in [0.25, 0.3) is 0 Å². The molecule has 1 unspecified atom stereocenters. The summed E-state index contributed by atoms with van der Waals surface area (Å²) in [6.45, 7) is 4.48. The van der Waals surface area contributed by atoms with Crippen LogP contribution in [0.2, 0.25) is 0 Å². The van der Waals surface area contributed by atoms with Gasteiger partial charge in [-0.15, -0.1) is 11.3 Å². The number of ether oxygens (including phenoxy) is 2. The molecule has 0 saturated carbocycles. The third-order valence-corrected chi connectivity index (χ3v) is 3.71. The van der Waals surface area contributed by atoms with Gasteiger partial charge in [0.15, 0.2) is 11.5 Å². The predicted octanol–water partition coefficient (Wildman–Crippen LogP) is 2.93. The van der Waals surface area contributed by atoms with Crippen molar-refractivity contribution in [2.45, 2.75) is 32.9 Å². The van der Waals surface area contributed by atoms with Gasteiger partial charge < -0.3 is 15.2 Å². The molecule has 0 bridgehead atoms. The maximum atomic E-state index is 5.85. The van der Waals surface area contributed by atoms with E-state index in [2.05, 4.69) is 4.98 Å². The number of aryl methyl sites for hydroxylation is 1. The molecule has 2 aromatic rings. The van der Waals surface area contributed by atoms with Crippen LogP contribution in [0.5, 0.6) is 11.5 Å². The smallest absolute Gasteiger partial charge is 0.161 e. The lowest BCUT2D eigenvalue weighted by molar-refractivity contribution is 0.286. The molecule has 2 N–H and O–H groups in total. The molecule has 0 spiro atoms. The number of hydrogen-bond acceptors (Lipinski definition) is 5. The van der Waals surface area contributed by atoms with Crippen molar-refractivity contribution in [1.82, 2.24) is 4.98 Å². The number of nitrogens with two attached hydrogens (primary N) is 1. The van der Waals surface area contributed by atoms with Crippen molar-refractivity contribution in [3.63, 3.8) is 0 Å². The number of hydrogen-bond donors (Lipinski definition) is 1. The van der Waals surface area contributed by atoms with Crippen LogP contribution in [0.3, 0.4) is 0 Å². The summed E-state index contributed by atoms with van der Waals surface area (Å²) in [5, 5.41) is 1.04. The standard InChI is InChI=1S/C15H20N2O2S/c1-10(16)6-12-4-5-14(18-3)15(7-12)19-9-13-8-17-11(2)20-13/h4-5,7-8,10H,6,9,16H2,1-3H3. The van der Waals surface area contributed by atoms with Crippen LogP contribution in [0, 0.1) is 6.92 Å². The van der Waals surface area contributed by atoms with Gasteiger partial charge in [0.05, 0.1) is 17.0 Å². The Kier molecular flexibility index (Phi) is 4.98. The molecule has 1 aromatic heterocycles. The summed E-state index contributed by atoms with van der Waals surface area (Å²) in [5.74, 6) is 1.48. The van der Waals surface area contributed by atoms with Crippen molar-refractivity contribution in [2.24, 2.45) is 5.73 Å². The van der Waals surface area contributed by atoms with Gasteiger partial charge in [0.25, 0.3) is 0 Å². The van der Waals surface area contributed by atoms with Gasteiger partial charge in [-0.05, 0) is 38.0 Å². The normalized spacial score (nSPS) is 12.2. The van der Waals surface area contributed by atoms with Crippen molar-refractivity contribution in [3.05, 3.63) is 39.8 Å². The molecule has 0 saturated heterocycles. The average Bonchev–Trinajstić information content (AvgIpc) is 2.82. The molecule has 1 heterocycles. The van der Waals surface area contributed by atoms with Crippen LogP contribution in [0.15, 0.2) is 24.4 Å². The Balaban J connectivity index is 2.11. The molecule has 4 nitrogen and oxygen atoms in total. The zero-order chi connectivity index (χ0) is 14.5. The van der Waals surface area contributed by atoms with E-state index in [0.717, 1.165) is 33.4 Å². The Morgan fingerprint density at radius 3 is 2.75 bits per heavy atom. The minimum atomic E-state index is 0.125. The highest BCUT2D eigenvalue weighted by atomic mass is 32.1. The number of aromatic nitrogens is 1. The first-order valence-corrected chi connectivity index (χ1v) is 7.36. The number of rotatable bonds is 6. The van der Waals surface area contributed by atoms with E-state index in [1.54, 1.807) is 18.4 Å². The SMILES string of the molecule is COc1ccc(CC(C)N)cc1OCc1cnc(C)s1. The molecular weight excluding hydrogens is 272 g/mol. The van der Waals surface area contributed by atoms with E-state index in [1.165, 1.54) is 0 Å². The van der Waals surface area contributed by atoms with E-state index in [-0.39, 0.29) is 6.04 Å². The molecule has 108 valence electrons. The van der Waals surface area contributed by atoms with Crippen molar-refractivity contribution in [2.75, 3.05) is 7.11 Å². The summed E-state index contributed by atoms with van der Waals surface area (Å²) in [5.41, 5.74) is 6.98. The second-order valence-corrected chi connectivity index (χ2v) is 6.12. The van der Waals surface area contributed by atoms with E-state index in [0.29, 0.717) is 6.61 Å². The van der Waals surface area contributed by atoms with Crippen LogP contribution in [-0.2, 0) is 13.0 Å². The highest BCUT2D eigenvalue weighted by molar-refractivity contribution is 7.11. The van der Waals surface area contributed by atoms with E-state index < -0.39 is 0 Å². The van der Waals surface area contributed by atoms with Crippen LogP contribution in [0.1, 0.15) is 22.4 Å². The van der Waals surface area contributed by atoms with Gasteiger partial charge >= 0.3 is 0 Å². The molecule has 0 aliphatic carbocycles. The molecule has 1 aromatic carbocycles. The zero-order valence-electron chi connectivity index (χ0n) is 12.1. The molecule has 1 atom stereocenters. The van der Waals surface area contributed by atoms with E-state index in [4.69, 9.17) is 15.2 Å². The van der Waals surface area contributed by atoms with Crippen molar-refractivity contribution in [3.8, 4) is 11.5 Å². The molecule has 0 amide bonds. The van der Waals surface area contributed by atoms with Gasteiger partial charge in [-0.25, -0.2) is 4.98 Å². The van der Waals surface area contributed by atoms with Gasteiger partial charge in [0.1, 0.15) is 6.61 Å². The van der Waals surface area contributed by atoms with Gasteiger partial charge in [-0.3, -0.25) is 0 Å². The molecular formula is C15H20N2O2S. The highest BCUT2D eigenvalue weighted by Gasteiger charge is 2.08. The topological polar surface area (TPSA) is 57.4 Å². The molecule has 2 rings (SSSR count). The second-order valence-electron chi connectivity index (χ2n) is 4.80. The summed E-state index contributed by atoms with van der Waals surface area (Å²) in [4.78, 5) is 5.32. The van der Waals surface area contributed by atoms with Crippen molar-refractivity contribution < 1.29 is 9.47 Å². The molecule has 5 heteroatoms. The fourth-order valence-electron chi connectivity index (χ4n) is 1.95. The predicted molar refractivity (Wildman–Crippen MR) is 81.5 cm³/mol. The van der Waals surface area contributed by atoms with Crippen molar-refractivity contribution in [1.29, 1.82) is 0 Å². The first kappa shape index (κ1) is 14.8. The number of thiazole rings is 1. The monoisotopic (exact) mass is 292 g/mol. The molecule has 0 fully saturated rings. The van der Waals surface area contributed by atoms with Crippen LogP contribution in [-0.4, -0.2) is 18.1 Å². The van der Waals surface area contributed by atoms with E-state index in [9.17, 15) is 0 Å². The van der Waals surface area contributed by atoms with Crippen LogP contribution in [0.4, 0.5) is 0 Å². The van der Waals surface area contributed by atoms with E-state index in [1.807, 2.05) is 38.2 Å². The molecule has 20 heavy (non-hydrogen) atoms. The zero-order valence-corrected chi connectivity index (χ0v) is 12.9. The fourth-order valence-corrected chi connectivity index (χ4v) is 2.66. The molecule has 0 aliphatic rings. The lowest BCUT2D eigenvalue weighted by Crippen LogP contribution is -2.17. The average molecular weight is 292 g/mol. The molecule has 0 radical (unpaired) electrons. The summed E-state index contributed by atoms with van der Waals surface area (Å²) in [6.07, 6.45) is 2.66. The van der Waals surface area contributed by atoms with Gasteiger partial charge in [-0.2, -0.15) is 0 Å². The number of methoxy groups -OCH3 is 1. The Morgan fingerprint density at radius 2 is 2.15 bits per heavy atom. The Bertz CT molecular complexity index is 567. The van der Waals surface area contributed by atoms with Crippen LogP contribution >= 0.6 is 11.3 Å². The summed E-state index contributed by atoms with van der Waals surface area (Å²) < 4.78 is 11.2. The number of benzene rings is 1. The third kappa shape index (κ3) is 3.95. The Labute approximate surface area is 123 Å². The third-order valence-electron chi connectivity index (χ3n) is 2.82. The lowest BCUT2D eigenvalue weighted by Gasteiger charge is -2.12. The van der Waals surface area contributed by atoms with Crippen LogP contribution < -0.4 is 15.2 Å². The summed E-state index contributed by atoms with van der Waals surface area (Å²) in [7, 11) is 1.64. The summed E-state index contributed by atoms with van der Waals surface area (Å²) >= 11 is 1.64. The quantitative estimate of drug-likeness (QED) is 0.889.